The highest BCUT2D eigenvalue weighted by Gasteiger charge is 2.13. The Balaban J connectivity index is 2.44. The topological polar surface area (TPSA) is 46.0 Å². The second-order valence-corrected chi connectivity index (χ2v) is 4.55. The molecule has 0 amide bonds. The zero-order valence-electron chi connectivity index (χ0n) is 11.1. The molecule has 0 radical (unpaired) electrons. The van der Waals surface area contributed by atoms with Gasteiger partial charge in [-0.25, -0.2) is 14.4 Å². The molecule has 0 spiro atoms. The van der Waals surface area contributed by atoms with E-state index in [4.69, 9.17) is 0 Å². The molecule has 0 aliphatic carbocycles. The summed E-state index contributed by atoms with van der Waals surface area (Å²) in [4.78, 5) is 8.86. The molecule has 1 aromatic carbocycles. The summed E-state index contributed by atoms with van der Waals surface area (Å²) < 4.78 is 12.9. The molecule has 3 nitrogen and oxygen atoms in total. The standard InChI is InChI=1S/C15H17FN2O/c1-3-11(9-19)15-17-10(2)8-14(18-15)12-4-6-13(16)7-5-12/h4-8,11,19H,3,9H2,1-2H3. The number of aromatic nitrogens is 2. The van der Waals surface area contributed by atoms with Crippen LogP contribution in [-0.2, 0) is 0 Å². The third kappa shape index (κ3) is 3.15. The highest BCUT2D eigenvalue weighted by Crippen LogP contribution is 2.22. The molecular formula is C15H17FN2O. The molecule has 0 saturated heterocycles. The van der Waals surface area contributed by atoms with Crippen molar-refractivity contribution in [1.29, 1.82) is 0 Å². The summed E-state index contributed by atoms with van der Waals surface area (Å²) >= 11 is 0. The van der Waals surface area contributed by atoms with Crippen LogP contribution in [0.15, 0.2) is 30.3 Å². The van der Waals surface area contributed by atoms with Crippen molar-refractivity contribution in [2.45, 2.75) is 26.2 Å². The number of aryl methyl sites for hydroxylation is 1. The minimum atomic E-state index is -0.267. The van der Waals surface area contributed by atoms with Gasteiger partial charge in [0, 0.05) is 17.2 Å². The van der Waals surface area contributed by atoms with Crippen LogP contribution < -0.4 is 0 Å². The quantitative estimate of drug-likeness (QED) is 0.919. The molecule has 0 aliphatic heterocycles. The third-order valence-corrected chi connectivity index (χ3v) is 3.09. The molecule has 0 saturated carbocycles. The molecule has 1 atom stereocenters. The fourth-order valence-electron chi connectivity index (χ4n) is 1.94. The van der Waals surface area contributed by atoms with Gasteiger partial charge in [0.25, 0.3) is 0 Å². The Hall–Kier alpha value is -1.81. The Kier molecular flexibility index (Phi) is 4.22. The van der Waals surface area contributed by atoms with E-state index in [1.54, 1.807) is 12.1 Å². The lowest BCUT2D eigenvalue weighted by Gasteiger charge is -2.12. The van der Waals surface area contributed by atoms with Crippen LogP contribution >= 0.6 is 0 Å². The first-order valence-corrected chi connectivity index (χ1v) is 6.36. The minimum absolute atomic E-state index is 0.0306. The molecule has 0 aliphatic rings. The lowest BCUT2D eigenvalue weighted by atomic mass is 10.1. The van der Waals surface area contributed by atoms with E-state index in [1.807, 2.05) is 19.9 Å². The summed E-state index contributed by atoms with van der Waals surface area (Å²) in [6.45, 7) is 3.91. The fourth-order valence-corrected chi connectivity index (χ4v) is 1.94. The molecule has 1 aromatic heterocycles. The van der Waals surface area contributed by atoms with Crippen molar-refractivity contribution in [3.05, 3.63) is 47.7 Å². The number of aliphatic hydroxyl groups is 1. The monoisotopic (exact) mass is 260 g/mol. The van der Waals surface area contributed by atoms with E-state index in [2.05, 4.69) is 9.97 Å². The molecule has 19 heavy (non-hydrogen) atoms. The maximum absolute atomic E-state index is 12.9. The van der Waals surface area contributed by atoms with Crippen molar-refractivity contribution in [3.8, 4) is 11.3 Å². The molecule has 4 heteroatoms. The largest absolute Gasteiger partial charge is 0.396 e. The lowest BCUT2D eigenvalue weighted by Crippen LogP contribution is -2.09. The highest BCUT2D eigenvalue weighted by molar-refractivity contribution is 5.59. The first kappa shape index (κ1) is 13.6. The Morgan fingerprint density at radius 2 is 1.89 bits per heavy atom. The van der Waals surface area contributed by atoms with Gasteiger partial charge in [0.05, 0.1) is 12.3 Å². The summed E-state index contributed by atoms with van der Waals surface area (Å²) in [7, 11) is 0. The summed E-state index contributed by atoms with van der Waals surface area (Å²) in [6, 6.07) is 8.08. The summed E-state index contributed by atoms with van der Waals surface area (Å²) in [5, 5.41) is 9.34. The van der Waals surface area contributed by atoms with E-state index in [0.717, 1.165) is 23.4 Å². The van der Waals surface area contributed by atoms with Crippen molar-refractivity contribution < 1.29 is 9.50 Å². The summed E-state index contributed by atoms with van der Waals surface area (Å²) in [6.07, 6.45) is 0.781. The van der Waals surface area contributed by atoms with Gasteiger partial charge in [-0.15, -0.1) is 0 Å². The van der Waals surface area contributed by atoms with Gasteiger partial charge in [0.2, 0.25) is 0 Å². The number of hydrogen-bond acceptors (Lipinski definition) is 3. The molecule has 0 fully saturated rings. The van der Waals surface area contributed by atoms with Crippen molar-refractivity contribution in [2.24, 2.45) is 0 Å². The van der Waals surface area contributed by atoms with Crippen LogP contribution in [0.1, 0.15) is 30.8 Å². The molecule has 1 N–H and O–H groups in total. The van der Waals surface area contributed by atoms with Crippen molar-refractivity contribution in [2.75, 3.05) is 6.61 Å². The molecular weight excluding hydrogens is 243 g/mol. The van der Waals surface area contributed by atoms with E-state index in [1.165, 1.54) is 12.1 Å². The zero-order chi connectivity index (χ0) is 13.8. The number of benzene rings is 1. The van der Waals surface area contributed by atoms with Crippen molar-refractivity contribution in [3.63, 3.8) is 0 Å². The van der Waals surface area contributed by atoms with Crippen LogP contribution in [0.5, 0.6) is 0 Å². The Labute approximate surface area is 112 Å². The predicted octanol–water partition coefficient (Wildman–Crippen LogP) is 3.08. The minimum Gasteiger partial charge on any atom is -0.396 e. The fraction of sp³-hybridized carbons (Fsp3) is 0.333. The van der Waals surface area contributed by atoms with E-state index in [0.29, 0.717) is 5.82 Å². The van der Waals surface area contributed by atoms with Gasteiger partial charge in [-0.05, 0) is 43.7 Å². The SMILES string of the molecule is CCC(CO)c1nc(C)cc(-c2ccc(F)cc2)n1. The number of hydrogen-bond donors (Lipinski definition) is 1. The zero-order valence-corrected chi connectivity index (χ0v) is 11.1. The number of halogens is 1. The van der Waals surface area contributed by atoms with E-state index >= 15 is 0 Å². The number of aliphatic hydroxyl groups excluding tert-OH is 1. The lowest BCUT2D eigenvalue weighted by molar-refractivity contribution is 0.257. The molecule has 100 valence electrons. The first-order valence-electron chi connectivity index (χ1n) is 6.36. The van der Waals surface area contributed by atoms with Gasteiger partial charge in [-0.2, -0.15) is 0 Å². The third-order valence-electron chi connectivity index (χ3n) is 3.09. The first-order chi connectivity index (χ1) is 9.13. The van der Waals surface area contributed by atoms with Gasteiger partial charge in [0.1, 0.15) is 11.6 Å². The highest BCUT2D eigenvalue weighted by atomic mass is 19.1. The van der Waals surface area contributed by atoms with Crippen LogP contribution in [0.2, 0.25) is 0 Å². The van der Waals surface area contributed by atoms with Gasteiger partial charge in [0.15, 0.2) is 0 Å². The number of rotatable bonds is 4. The van der Waals surface area contributed by atoms with E-state index < -0.39 is 0 Å². The van der Waals surface area contributed by atoms with Crippen molar-refractivity contribution >= 4 is 0 Å². The normalized spacial score (nSPS) is 12.4. The second-order valence-electron chi connectivity index (χ2n) is 4.55. The maximum atomic E-state index is 12.9. The average molecular weight is 260 g/mol. The van der Waals surface area contributed by atoms with E-state index in [-0.39, 0.29) is 18.3 Å². The van der Waals surface area contributed by atoms with Gasteiger partial charge >= 0.3 is 0 Å². The number of nitrogens with zero attached hydrogens (tertiary/aromatic N) is 2. The molecule has 2 rings (SSSR count). The molecule has 0 bridgehead atoms. The van der Waals surface area contributed by atoms with Gasteiger partial charge < -0.3 is 5.11 Å². The van der Waals surface area contributed by atoms with Crippen molar-refractivity contribution in [1.82, 2.24) is 9.97 Å². The van der Waals surface area contributed by atoms with E-state index in [9.17, 15) is 9.50 Å². The predicted molar refractivity (Wildman–Crippen MR) is 72.3 cm³/mol. The summed E-state index contributed by atoms with van der Waals surface area (Å²) in [5.74, 6) is 0.319. The molecule has 2 aromatic rings. The Morgan fingerprint density at radius 1 is 1.21 bits per heavy atom. The second kappa shape index (κ2) is 5.89. The Morgan fingerprint density at radius 3 is 2.47 bits per heavy atom. The maximum Gasteiger partial charge on any atom is 0.134 e. The van der Waals surface area contributed by atoms with Gasteiger partial charge in [-0.1, -0.05) is 6.92 Å². The van der Waals surface area contributed by atoms with Crippen LogP contribution in [0.25, 0.3) is 11.3 Å². The van der Waals surface area contributed by atoms with Crippen LogP contribution in [0.4, 0.5) is 4.39 Å². The smallest absolute Gasteiger partial charge is 0.134 e. The average Bonchev–Trinajstić information content (AvgIpc) is 2.40. The molecule has 1 heterocycles. The van der Waals surface area contributed by atoms with Crippen LogP contribution in [-0.4, -0.2) is 21.7 Å². The van der Waals surface area contributed by atoms with Crippen LogP contribution in [0, 0.1) is 12.7 Å². The Bertz CT molecular complexity index is 551. The molecule has 1 unspecified atom stereocenters. The summed E-state index contributed by atoms with van der Waals surface area (Å²) in [5.41, 5.74) is 2.45. The van der Waals surface area contributed by atoms with Gasteiger partial charge in [-0.3, -0.25) is 0 Å². The van der Waals surface area contributed by atoms with Crippen LogP contribution in [0.3, 0.4) is 0 Å².